The SMILES string of the molecule is CCC/C=C/C/C=C/C/C=C/C/C=C/CCCCCC(=O)O[C@H](COC(=O)CCCCCCCCCCCCCC)COP(=O)([O-])OCC[N+](C)(C)C. The number of unbranched alkanes of at least 4 members (excludes halogenated alkanes) is 15. The summed E-state index contributed by atoms with van der Waals surface area (Å²) in [6.07, 6.45) is 39.9. The third-order valence-corrected chi connectivity index (χ3v) is 9.55. The minimum atomic E-state index is -4.63. The number of likely N-dealkylation sites (N-methyl/N-ethyl adjacent to an activating group) is 1. The quantitative estimate of drug-likeness (QED) is 0.0202. The van der Waals surface area contributed by atoms with Crippen LogP contribution in [0.5, 0.6) is 0 Å². The largest absolute Gasteiger partial charge is 0.756 e. The van der Waals surface area contributed by atoms with E-state index >= 15 is 0 Å². The molecule has 308 valence electrons. The van der Waals surface area contributed by atoms with Crippen LogP contribution in [0.25, 0.3) is 0 Å². The predicted octanol–water partition coefficient (Wildman–Crippen LogP) is 10.9. The Hall–Kier alpha value is -2.03. The van der Waals surface area contributed by atoms with Crippen molar-refractivity contribution >= 4 is 19.8 Å². The first-order valence-electron chi connectivity index (χ1n) is 20.8. The van der Waals surface area contributed by atoms with E-state index in [1.165, 1.54) is 64.2 Å². The van der Waals surface area contributed by atoms with Crippen LogP contribution in [0.1, 0.15) is 162 Å². The van der Waals surface area contributed by atoms with Crippen LogP contribution in [0.2, 0.25) is 0 Å². The van der Waals surface area contributed by atoms with Crippen LogP contribution in [0.4, 0.5) is 0 Å². The second kappa shape index (κ2) is 35.7. The van der Waals surface area contributed by atoms with Crippen LogP contribution in [0.3, 0.4) is 0 Å². The Morgan fingerprint density at radius 3 is 1.58 bits per heavy atom. The molecule has 0 aliphatic carbocycles. The number of hydrogen-bond acceptors (Lipinski definition) is 8. The maximum Gasteiger partial charge on any atom is 0.306 e. The fourth-order valence-corrected chi connectivity index (χ4v) is 6.02. The van der Waals surface area contributed by atoms with E-state index in [-0.39, 0.29) is 26.1 Å². The fraction of sp³-hybridized carbons (Fsp3) is 0.767. The van der Waals surface area contributed by atoms with Crippen molar-refractivity contribution < 1.29 is 42.1 Å². The van der Waals surface area contributed by atoms with Crippen molar-refractivity contribution in [2.45, 2.75) is 168 Å². The number of esters is 2. The van der Waals surface area contributed by atoms with Gasteiger partial charge in [0.05, 0.1) is 27.7 Å². The molecule has 53 heavy (non-hydrogen) atoms. The summed E-state index contributed by atoms with van der Waals surface area (Å²) in [5.41, 5.74) is 0. The smallest absolute Gasteiger partial charge is 0.306 e. The van der Waals surface area contributed by atoms with Crippen LogP contribution in [-0.4, -0.2) is 70.0 Å². The average molecular weight is 768 g/mol. The van der Waals surface area contributed by atoms with Crippen molar-refractivity contribution in [2.24, 2.45) is 0 Å². The van der Waals surface area contributed by atoms with Crippen LogP contribution in [-0.2, 0) is 32.7 Å². The summed E-state index contributed by atoms with van der Waals surface area (Å²) in [5, 5.41) is 0. The molecule has 0 radical (unpaired) electrons. The molecule has 0 aromatic rings. The standard InChI is InChI=1S/C43H78NO8P/c1-6-8-10-12-14-16-18-20-21-22-23-24-26-28-30-32-34-36-43(46)52-41(40-51-53(47,48)50-38-37-44(3,4)5)39-49-42(45)35-33-31-29-27-25-19-17-15-13-11-9-7-2/h10,12,16,18,21-22,24,26,41H,6-9,11,13-15,17,19-20,23,25,27-40H2,1-5H3/b12-10+,18-16+,22-21+,26-24+/t41-/m1/s1. The lowest BCUT2D eigenvalue weighted by Gasteiger charge is -2.28. The molecule has 0 heterocycles. The highest BCUT2D eigenvalue weighted by Gasteiger charge is 2.21. The van der Waals surface area contributed by atoms with Gasteiger partial charge in [0, 0.05) is 12.8 Å². The molecule has 0 aliphatic rings. The summed E-state index contributed by atoms with van der Waals surface area (Å²) >= 11 is 0. The Kier molecular flexibility index (Phi) is 34.3. The number of carbonyl (C=O) groups excluding carboxylic acids is 2. The van der Waals surface area contributed by atoms with Crippen LogP contribution in [0.15, 0.2) is 48.6 Å². The number of quaternary nitrogens is 1. The number of nitrogens with zero attached hydrogens (tertiary/aromatic N) is 1. The zero-order valence-electron chi connectivity index (χ0n) is 34.4. The first-order chi connectivity index (χ1) is 25.5. The summed E-state index contributed by atoms with van der Waals surface area (Å²) in [6.45, 7) is 4.10. The molecule has 10 heteroatoms. The summed E-state index contributed by atoms with van der Waals surface area (Å²) in [5.74, 6) is -0.872. The molecule has 0 spiro atoms. The predicted molar refractivity (Wildman–Crippen MR) is 217 cm³/mol. The summed E-state index contributed by atoms with van der Waals surface area (Å²) in [7, 11) is 1.14. The van der Waals surface area contributed by atoms with E-state index in [1.54, 1.807) is 0 Å². The van der Waals surface area contributed by atoms with Gasteiger partial charge < -0.3 is 27.9 Å². The second-order valence-electron chi connectivity index (χ2n) is 15.0. The van der Waals surface area contributed by atoms with Gasteiger partial charge in [0.2, 0.25) is 0 Å². The number of hydrogen-bond donors (Lipinski definition) is 0. The Balaban J connectivity index is 4.46. The van der Waals surface area contributed by atoms with Crippen LogP contribution >= 0.6 is 7.82 Å². The van der Waals surface area contributed by atoms with E-state index < -0.39 is 32.5 Å². The Labute approximate surface area is 324 Å². The molecule has 1 unspecified atom stereocenters. The molecule has 0 rings (SSSR count). The minimum Gasteiger partial charge on any atom is -0.756 e. The zero-order valence-corrected chi connectivity index (χ0v) is 35.3. The van der Waals surface area contributed by atoms with Gasteiger partial charge in [-0.25, -0.2) is 0 Å². The number of phosphoric ester groups is 1. The molecule has 0 N–H and O–H groups in total. The van der Waals surface area contributed by atoms with Gasteiger partial charge in [-0.1, -0.05) is 146 Å². The van der Waals surface area contributed by atoms with Gasteiger partial charge in [0.1, 0.15) is 19.8 Å². The van der Waals surface area contributed by atoms with E-state index in [0.717, 1.165) is 64.2 Å². The molecule has 0 amide bonds. The molecule has 0 aromatic carbocycles. The highest BCUT2D eigenvalue weighted by Crippen LogP contribution is 2.38. The van der Waals surface area contributed by atoms with Crippen molar-refractivity contribution in [1.29, 1.82) is 0 Å². The molecule has 0 saturated heterocycles. The first-order valence-corrected chi connectivity index (χ1v) is 22.3. The van der Waals surface area contributed by atoms with Gasteiger partial charge in [0.25, 0.3) is 7.82 Å². The van der Waals surface area contributed by atoms with Gasteiger partial charge in [-0.15, -0.1) is 0 Å². The number of carbonyl (C=O) groups is 2. The topological polar surface area (TPSA) is 111 Å². The molecule has 0 aliphatic heterocycles. The molecule has 0 fully saturated rings. The normalized spacial score (nSPS) is 14.2. The van der Waals surface area contributed by atoms with Gasteiger partial charge in [0.15, 0.2) is 6.10 Å². The molecular weight excluding hydrogens is 689 g/mol. The maximum absolute atomic E-state index is 12.6. The van der Waals surface area contributed by atoms with Gasteiger partial charge in [-0.2, -0.15) is 0 Å². The van der Waals surface area contributed by atoms with Crippen molar-refractivity contribution in [3.8, 4) is 0 Å². The van der Waals surface area contributed by atoms with Crippen molar-refractivity contribution in [3.05, 3.63) is 48.6 Å². The van der Waals surface area contributed by atoms with E-state index in [0.29, 0.717) is 17.4 Å². The summed E-state index contributed by atoms with van der Waals surface area (Å²) in [4.78, 5) is 37.4. The van der Waals surface area contributed by atoms with Gasteiger partial charge in [-0.3, -0.25) is 14.2 Å². The Morgan fingerprint density at radius 1 is 0.585 bits per heavy atom. The highest BCUT2D eigenvalue weighted by atomic mass is 31.2. The van der Waals surface area contributed by atoms with E-state index in [4.69, 9.17) is 18.5 Å². The molecule has 0 saturated carbocycles. The van der Waals surface area contributed by atoms with E-state index in [2.05, 4.69) is 62.5 Å². The summed E-state index contributed by atoms with van der Waals surface area (Å²) in [6, 6.07) is 0. The fourth-order valence-electron chi connectivity index (χ4n) is 5.29. The summed E-state index contributed by atoms with van der Waals surface area (Å²) < 4.78 is 33.8. The van der Waals surface area contributed by atoms with Gasteiger partial charge in [-0.05, 0) is 51.4 Å². The van der Waals surface area contributed by atoms with Crippen LogP contribution in [0, 0.1) is 0 Å². The van der Waals surface area contributed by atoms with E-state index in [9.17, 15) is 19.0 Å². The number of rotatable bonds is 37. The molecule has 9 nitrogen and oxygen atoms in total. The van der Waals surface area contributed by atoms with Crippen molar-refractivity contribution in [3.63, 3.8) is 0 Å². The lowest BCUT2D eigenvalue weighted by Crippen LogP contribution is -2.37. The third-order valence-electron chi connectivity index (χ3n) is 8.58. The molecule has 0 aromatic heterocycles. The molecular formula is C43H78NO8P. The number of allylic oxidation sites excluding steroid dienone is 8. The second-order valence-corrected chi connectivity index (χ2v) is 16.4. The van der Waals surface area contributed by atoms with Gasteiger partial charge >= 0.3 is 11.9 Å². The minimum absolute atomic E-state index is 0.0380. The van der Waals surface area contributed by atoms with Crippen molar-refractivity contribution in [2.75, 3.05) is 47.5 Å². The lowest BCUT2D eigenvalue weighted by molar-refractivity contribution is -0.870. The Bertz CT molecular complexity index is 1050. The van der Waals surface area contributed by atoms with Crippen molar-refractivity contribution in [1.82, 2.24) is 0 Å². The number of ether oxygens (including phenoxy) is 2. The average Bonchev–Trinajstić information content (AvgIpc) is 3.10. The first kappa shape index (κ1) is 51.0. The maximum atomic E-state index is 12.6. The number of phosphoric acid groups is 1. The Morgan fingerprint density at radius 2 is 1.06 bits per heavy atom. The molecule has 2 atom stereocenters. The monoisotopic (exact) mass is 768 g/mol. The highest BCUT2D eigenvalue weighted by molar-refractivity contribution is 7.45. The van der Waals surface area contributed by atoms with Crippen LogP contribution < -0.4 is 4.89 Å². The lowest BCUT2D eigenvalue weighted by atomic mass is 10.0. The molecule has 0 bridgehead atoms. The zero-order chi connectivity index (χ0) is 39.3. The third kappa shape index (κ3) is 39.5. The van der Waals surface area contributed by atoms with E-state index in [1.807, 2.05) is 21.1 Å².